The summed E-state index contributed by atoms with van der Waals surface area (Å²) in [5.41, 5.74) is 7.25. The summed E-state index contributed by atoms with van der Waals surface area (Å²) in [7, 11) is 0. The maximum Gasteiger partial charge on any atom is 0.220 e. The van der Waals surface area contributed by atoms with E-state index in [-0.39, 0.29) is 12.3 Å². The Balaban J connectivity index is 1.79. The van der Waals surface area contributed by atoms with E-state index in [2.05, 4.69) is 10.3 Å². The van der Waals surface area contributed by atoms with Crippen molar-refractivity contribution in [3.05, 3.63) is 48.3 Å². The highest BCUT2D eigenvalue weighted by Crippen LogP contribution is 2.16. The van der Waals surface area contributed by atoms with Gasteiger partial charge in [0.05, 0.1) is 13.0 Å². The molecule has 1 aromatic heterocycles. The lowest BCUT2D eigenvalue weighted by Crippen LogP contribution is -2.14. The van der Waals surface area contributed by atoms with Crippen LogP contribution in [0, 0.1) is 0 Å². The van der Waals surface area contributed by atoms with Crippen LogP contribution in [-0.2, 0) is 11.3 Å². The van der Waals surface area contributed by atoms with Crippen LogP contribution in [0.3, 0.4) is 0 Å². The molecule has 0 atom stereocenters. The lowest BCUT2D eigenvalue weighted by molar-refractivity contribution is -0.118. The molecule has 1 heterocycles. The SMILES string of the molecule is NC(=O)CCOc1ccc(NCc2cc[nH]c2)cc1. The number of aromatic amines is 1. The zero-order valence-corrected chi connectivity index (χ0v) is 10.6. The van der Waals surface area contributed by atoms with Crippen LogP contribution in [0.1, 0.15) is 12.0 Å². The molecule has 0 aliphatic rings. The number of primary amides is 1. The Morgan fingerprint density at radius 3 is 2.68 bits per heavy atom. The lowest BCUT2D eigenvalue weighted by Gasteiger charge is -2.07. The van der Waals surface area contributed by atoms with E-state index >= 15 is 0 Å². The first-order valence-electron chi connectivity index (χ1n) is 6.11. The van der Waals surface area contributed by atoms with Crippen LogP contribution in [0.15, 0.2) is 42.7 Å². The van der Waals surface area contributed by atoms with Gasteiger partial charge in [0, 0.05) is 24.6 Å². The van der Waals surface area contributed by atoms with Gasteiger partial charge in [0.15, 0.2) is 0 Å². The molecular formula is C14H17N3O2. The first kappa shape index (κ1) is 13.0. The number of ether oxygens (including phenoxy) is 1. The average Bonchev–Trinajstić information content (AvgIpc) is 2.90. The number of rotatable bonds is 7. The summed E-state index contributed by atoms with van der Waals surface area (Å²) in [6, 6.07) is 9.62. The summed E-state index contributed by atoms with van der Waals surface area (Å²) in [5.74, 6) is 0.373. The molecule has 19 heavy (non-hydrogen) atoms. The summed E-state index contributed by atoms with van der Waals surface area (Å²) < 4.78 is 5.39. The summed E-state index contributed by atoms with van der Waals surface area (Å²) in [4.78, 5) is 13.6. The molecule has 0 bridgehead atoms. The standard InChI is InChI=1S/C14H17N3O2/c15-14(18)6-8-19-13-3-1-12(2-4-13)17-10-11-5-7-16-9-11/h1-5,7,9,16-17H,6,8,10H2,(H2,15,18). The van der Waals surface area contributed by atoms with Crippen molar-refractivity contribution in [2.45, 2.75) is 13.0 Å². The molecule has 4 N–H and O–H groups in total. The van der Waals surface area contributed by atoms with Gasteiger partial charge in [-0.1, -0.05) is 0 Å². The van der Waals surface area contributed by atoms with Crippen molar-refractivity contribution >= 4 is 11.6 Å². The van der Waals surface area contributed by atoms with E-state index in [1.165, 1.54) is 5.56 Å². The molecule has 0 aliphatic heterocycles. The Morgan fingerprint density at radius 2 is 2.05 bits per heavy atom. The molecule has 0 spiro atoms. The number of hydrogen-bond acceptors (Lipinski definition) is 3. The van der Waals surface area contributed by atoms with Crippen LogP contribution in [0.2, 0.25) is 0 Å². The summed E-state index contributed by atoms with van der Waals surface area (Å²) >= 11 is 0. The fourth-order valence-corrected chi connectivity index (χ4v) is 1.61. The van der Waals surface area contributed by atoms with Crippen LogP contribution >= 0.6 is 0 Å². The molecule has 0 aliphatic carbocycles. The summed E-state index contributed by atoms with van der Waals surface area (Å²) in [6.07, 6.45) is 4.08. The van der Waals surface area contributed by atoms with Crippen molar-refractivity contribution in [1.82, 2.24) is 4.98 Å². The van der Waals surface area contributed by atoms with E-state index < -0.39 is 0 Å². The van der Waals surface area contributed by atoms with Crippen molar-refractivity contribution in [3.63, 3.8) is 0 Å². The number of benzene rings is 1. The van der Waals surface area contributed by atoms with E-state index in [1.54, 1.807) is 0 Å². The van der Waals surface area contributed by atoms with Gasteiger partial charge in [-0.25, -0.2) is 0 Å². The third-order valence-electron chi connectivity index (χ3n) is 2.63. The minimum absolute atomic E-state index is 0.230. The summed E-state index contributed by atoms with van der Waals surface area (Å²) in [5, 5.41) is 3.30. The third kappa shape index (κ3) is 4.39. The van der Waals surface area contributed by atoms with Crippen LogP contribution in [0.4, 0.5) is 5.69 Å². The molecule has 5 heteroatoms. The van der Waals surface area contributed by atoms with Crippen molar-refractivity contribution in [2.24, 2.45) is 5.73 Å². The van der Waals surface area contributed by atoms with E-state index in [4.69, 9.17) is 10.5 Å². The molecule has 0 saturated heterocycles. The second-order valence-corrected chi connectivity index (χ2v) is 4.16. The number of H-pyrrole nitrogens is 1. The van der Waals surface area contributed by atoms with Gasteiger partial charge in [0.25, 0.3) is 0 Å². The zero-order chi connectivity index (χ0) is 13.5. The minimum atomic E-state index is -0.357. The number of nitrogens with two attached hydrogens (primary N) is 1. The highest BCUT2D eigenvalue weighted by molar-refractivity contribution is 5.73. The molecule has 0 unspecified atom stereocenters. The number of nitrogens with one attached hydrogen (secondary N) is 2. The number of amides is 1. The van der Waals surface area contributed by atoms with Crippen molar-refractivity contribution in [3.8, 4) is 5.75 Å². The predicted octanol–water partition coefficient (Wildman–Crippen LogP) is 1.88. The molecular weight excluding hydrogens is 242 g/mol. The van der Waals surface area contributed by atoms with Gasteiger partial charge in [-0.2, -0.15) is 0 Å². The average molecular weight is 259 g/mol. The van der Waals surface area contributed by atoms with Gasteiger partial charge >= 0.3 is 0 Å². The highest BCUT2D eigenvalue weighted by atomic mass is 16.5. The normalized spacial score (nSPS) is 10.1. The number of aromatic nitrogens is 1. The number of carbonyl (C=O) groups is 1. The quantitative estimate of drug-likeness (QED) is 0.710. The van der Waals surface area contributed by atoms with Gasteiger partial charge in [-0.3, -0.25) is 4.79 Å². The van der Waals surface area contributed by atoms with Crippen LogP contribution in [0.25, 0.3) is 0 Å². The van der Waals surface area contributed by atoms with Crippen LogP contribution in [-0.4, -0.2) is 17.5 Å². The van der Waals surface area contributed by atoms with Crippen molar-refractivity contribution < 1.29 is 9.53 Å². The van der Waals surface area contributed by atoms with E-state index in [9.17, 15) is 4.79 Å². The van der Waals surface area contributed by atoms with Gasteiger partial charge in [-0.05, 0) is 35.9 Å². The predicted molar refractivity (Wildman–Crippen MR) is 73.9 cm³/mol. The number of carbonyl (C=O) groups excluding carboxylic acids is 1. The molecule has 100 valence electrons. The maximum absolute atomic E-state index is 10.6. The van der Waals surface area contributed by atoms with E-state index in [0.29, 0.717) is 6.61 Å². The first-order valence-corrected chi connectivity index (χ1v) is 6.11. The Bertz CT molecular complexity index is 506. The molecule has 0 radical (unpaired) electrons. The maximum atomic E-state index is 10.6. The van der Waals surface area contributed by atoms with E-state index in [1.807, 2.05) is 42.7 Å². The van der Waals surface area contributed by atoms with Gasteiger partial charge in [0.1, 0.15) is 5.75 Å². The van der Waals surface area contributed by atoms with Crippen LogP contribution in [0.5, 0.6) is 5.75 Å². The molecule has 2 rings (SSSR count). The van der Waals surface area contributed by atoms with Gasteiger partial charge in [0.2, 0.25) is 5.91 Å². The molecule has 2 aromatic rings. The monoisotopic (exact) mass is 259 g/mol. The Hall–Kier alpha value is -2.43. The van der Waals surface area contributed by atoms with Crippen LogP contribution < -0.4 is 15.8 Å². The molecule has 0 saturated carbocycles. The van der Waals surface area contributed by atoms with Crippen molar-refractivity contribution in [2.75, 3.05) is 11.9 Å². The molecule has 1 amide bonds. The summed E-state index contributed by atoms with van der Waals surface area (Å²) in [6.45, 7) is 1.08. The Labute approximate surface area is 111 Å². The van der Waals surface area contributed by atoms with Gasteiger partial charge < -0.3 is 20.8 Å². The Morgan fingerprint density at radius 1 is 1.26 bits per heavy atom. The van der Waals surface area contributed by atoms with Crippen molar-refractivity contribution in [1.29, 1.82) is 0 Å². The van der Waals surface area contributed by atoms with E-state index in [0.717, 1.165) is 18.0 Å². The van der Waals surface area contributed by atoms with Gasteiger partial charge in [-0.15, -0.1) is 0 Å². The lowest BCUT2D eigenvalue weighted by atomic mass is 10.2. The second-order valence-electron chi connectivity index (χ2n) is 4.16. The third-order valence-corrected chi connectivity index (χ3v) is 2.63. The fourth-order valence-electron chi connectivity index (χ4n) is 1.61. The number of hydrogen-bond donors (Lipinski definition) is 3. The minimum Gasteiger partial charge on any atom is -0.493 e. The fraction of sp³-hybridized carbons (Fsp3) is 0.214. The molecule has 1 aromatic carbocycles. The number of anilines is 1. The molecule has 5 nitrogen and oxygen atoms in total. The highest BCUT2D eigenvalue weighted by Gasteiger charge is 1.98. The topological polar surface area (TPSA) is 80.1 Å². The molecule has 0 fully saturated rings. The smallest absolute Gasteiger partial charge is 0.220 e. The first-order chi connectivity index (χ1) is 9.24. The second kappa shape index (κ2) is 6.49. The Kier molecular flexibility index (Phi) is 4.44. The zero-order valence-electron chi connectivity index (χ0n) is 10.6. The largest absolute Gasteiger partial charge is 0.493 e.